The van der Waals surface area contributed by atoms with Crippen molar-refractivity contribution in [3.8, 4) is 0 Å². The SMILES string of the molecule is C=CCO[C@@H]1[C@@H](OC(C)=O)[C@@H](Cl)O[C@H](COC(C)=O)[C@H]1OC(C)=O. The molecule has 0 aromatic carbocycles. The Balaban J connectivity index is 3.05. The molecule has 1 fully saturated rings. The smallest absolute Gasteiger partial charge is 0.303 e. The molecule has 9 heteroatoms. The molecule has 8 nitrogen and oxygen atoms in total. The molecule has 5 atom stereocenters. The van der Waals surface area contributed by atoms with Crippen LogP contribution in [0.15, 0.2) is 12.7 Å². The number of halogens is 1. The lowest BCUT2D eigenvalue weighted by molar-refractivity contribution is -0.239. The number of hydrogen-bond donors (Lipinski definition) is 0. The van der Waals surface area contributed by atoms with E-state index in [2.05, 4.69) is 6.58 Å². The number of carbonyl (C=O) groups is 3. The molecule has 24 heavy (non-hydrogen) atoms. The zero-order valence-electron chi connectivity index (χ0n) is 13.7. The van der Waals surface area contributed by atoms with Crippen LogP contribution in [0.2, 0.25) is 0 Å². The second kappa shape index (κ2) is 9.61. The van der Waals surface area contributed by atoms with Crippen LogP contribution in [-0.4, -0.2) is 61.1 Å². The fourth-order valence-electron chi connectivity index (χ4n) is 2.22. The summed E-state index contributed by atoms with van der Waals surface area (Å²) in [7, 11) is 0. The first-order valence-electron chi connectivity index (χ1n) is 7.26. The van der Waals surface area contributed by atoms with Gasteiger partial charge in [-0.1, -0.05) is 17.7 Å². The van der Waals surface area contributed by atoms with E-state index in [1.54, 1.807) is 0 Å². The first-order chi connectivity index (χ1) is 11.3. The minimum atomic E-state index is -1.07. The molecule has 0 radical (unpaired) electrons. The Morgan fingerprint density at radius 3 is 2.12 bits per heavy atom. The molecule has 1 rings (SSSR count). The number of hydrogen-bond acceptors (Lipinski definition) is 8. The van der Waals surface area contributed by atoms with Crippen molar-refractivity contribution in [2.24, 2.45) is 0 Å². The highest BCUT2D eigenvalue weighted by Crippen LogP contribution is 2.30. The maximum Gasteiger partial charge on any atom is 0.303 e. The third-order valence-corrected chi connectivity index (χ3v) is 3.39. The quantitative estimate of drug-likeness (QED) is 0.285. The molecule has 1 aliphatic rings. The molecule has 0 aromatic rings. The third-order valence-electron chi connectivity index (χ3n) is 3.04. The van der Waals surface area contributed by atoms with Gasteiger partial charge in [0.2, 0.25) is 0 Å². The van der Waals surface area contributed by atoms with Crippen LogP contribution in [0.3, 0.4) is 0 Å². The van der Waals surface area contributed by atoms with Crippen molar-refractivity contribution in [2.45, 2.75) is 50.8 Å². The normalized spacial score (nSPS) is 29.4. The van der Waals surface area contributed by atoms with E-state index in [0.717, 1.165) is 0 Å². The summed E-state index contributed by atoms with van der Waals surface area (Å²) in [4.78, 5) is 33.8. The van der Waals surface area contributed by atoms with E-state index in [1.165, 1.54) is 26.8 Å². The van der Waals surface area contributed by atoms with Crippen LogP contribution in [-0.2, 0) is 38.1 Å². The summed E-state index contributed by atoms with van der Waals surface area (Å²) in [5.41, 5.74) is -1.07. The molecular formula is C15H21ClO8. The van der Waals surface area contributed by atoms with E-state index in [9.17, 15) is 14.4 Å². The summed E-state index contributed by atoms with van der Waals surface area (Å²) in [6.45, 7) is 7.09. The Hall–Kier alpha value is -1.64. The Labute approximate surface area is 145 Å². The molecular weight excluding hydrogens is 344 g/mol. The first kappa shape index (κ1) is 20.4. The van der Waals surface area contributed by atoms with Crippen LogP contribution >= 0.6 is 11.6 Å². The van der Waals surface area contributed by atoms with Crippen molar-refractivity contribution in [3.63, 3.8) is 0 Å². The number of esters is 3. The highest BCUT2D eigenvalue weighted by atomic mass is 35.5. The minimum Gasteiger partial charge on any atom is -0.463 e. The molecule has 1 aliphatic heterocycles. The lowest BCUT2D eigenvalue weighted by Crippen LogP contribution is -2.60. The minimum absolute atomic E-state index is 0.101. The second-order valence-corrected chi connectivity index (χ2v) is 5.49. The van der Waals surface area contributed by atoms with E-state index in [1.807, 2.05) is 0 Å². The summed E-state index contributed by atoms with van der Waals surface area (Å²) in [5.74, 6) is -1.73. The Kier molecular flexibility index (Phi) is 8.17. The monoisotopic (exact) mass is 364 g/mol. The van der Waals surface area contributed by atoms with Gasteiger partial charge in [-0.25, -0.2) is 0 Å². The largest absolute Gasteiger partial charge is 0.463 e. The van der Waals surface area contributed by atoms with Crippen molar-refractivity contribution in [1.29, 1.82) is 0 Å². The summed E-state index contributed by atoms with van der Waals surface area (Å²) in [6, 6.07) is 0. The number of ether oxygens (including phenoxy) is 5. The fourth-order valence-corrected chi connectivity index (χ4v) is 2.55. The topological polar surface area (TPSA) is 97.4 Å². The highest BCUT2D eigenvalue weighted by Gasteiger charge is 2.50. The van der Waals surface area contributed by atoms with Gasteiger partial charge in [0, 0.05) is 20.8 Å². The molecule has 136 valence electrons. The van der Waals surface area contributed by atoms with Gasteiger partial charge in [0.05, 0.1) is 6.61 Å². The van der Waals surface area contributed by atoms with Gasteiger partial charge in [-0.2, -0.15) is 0 Å². The van der Waals surface area contributed by atoms with Crippen LogP contribution in [0, 0.1) is 0 Å². The molecule has 0 bridgehead atoms. The van der Waals surface area contributed by atoms with Crippen molar-refractivity contribution >= 4 is 29.5 Å². The van der Waals surface area contributed by atoms with Gasteiger partial charge in [-0.3, -0.25) is 14.4 Å². The van der Waals surface area contributed by atoms with Gasteiger partial charge in [0.15, 0.2) is 17.8 Å². The van der Waals surface area contributed by atoms with Crippen LogP contribution in [0.1, 0.15) is 20.8 Å². The predicted molar refractivity (Wildman–Crippen MR) is 82.2 cm³/mol. The van der Waals surface area contributed by atoms with Gasteiger partial charge in [-0.15, -0.1) is 6.58 Å². The standard InChI is InChI=1S/C15H21ClO8/c1-5-6-20-13-12(22-9(3)18)11(7-21-8(2)17)24-15(16)14(13)23-10(4)19/h5,11-15H,1,6-7H2,2-4H3/t11-,12-,13+,14-,15+/m1/s1. The Morgan fingerprint density at radius 1 is 1.04 bits per heavy atom. The van der Waals surface area contributed by atoms with Gasteiger partial charge in [0.1, 0.15) is 18.8 Å². The highest BCUT2D eigenvalue weighted by molar-refractivity contribution is 6.20. The summed E-state index contributed by atoms with van der Waals surface area (Å²) in [6.07, 6.45) is -2.30. The van der Waals surface area contributed by atoms with E-state index in [-0.39, 0.29) is 13.2 Å². The first-order valence-corrected chi connectivity index (χ1v) is 7.69. The zero-order valence-corrected chi connectivity index (χ0v) is 14.5. The van der Waals surface area contributed by atoms with Crippen molar-refractivity contribution < 1.29 is 38.1 Å². The maximum atomic E-state index is 11.4. The van der Waals surface area contributed by atoms with Gasteiger partial charge < -0.3 is 23.7 Å². The molecule has 1 saturated heterocycles. The summed E-state index contributed by atoms with van der Waals surface area (Å²) in [5, 5.41) is 0. The number of rotatable bonds is 7. The Bertz CT molecular complexity index is 480. The number of carbonyl (C=O) groups excluding carboxylic acids is 3. The van der Waals surface area contributed by atoms with Crippen LogP contribution < -0.4 is 0 Å². The van der Waals surface area contributed by atoms with Crippen molar-refractivity contribution in [3.05, 3.63) is 12.7 Å². The van der Waals surface area contributed by atoms with E-state index in [0.29, 0.717) is 0 Å². The second-order valence-electron chi connectivity index (χ2n) is 5.06. The molecule has 0 spiro atoms. The molecule has 0 amide bonds. The summed E-state index contributed by atoms with van der Waals surface area (Å²) < 4.78 is 26.4. The maximum absolute atomic E-state index is 11.4. The molecule has 0 aromatic heterocycles. The van der Waals surface area contributed by atoms with Gasteiger partial charge in [-0.05, 0) is 0 Å². The van der Waals surface area contributed by atoms with Crippen molar-refractivity contribution in [2.75, 3.05) is 13.2 Å². The average Bonchev–Trinajstić information content (AvgIpc) is 2.47. The molecule has 0 N–H and O–H groups in total. The molecule has 0 unspecified atom stereocenters. The molecule has 0 aliphatic carbocycles. The van der Waals surface area contributed by atoms with Gasteiger partial charge in [0.25, 0.3) is 0 Å². The predicted octanol–water partition coefficient (Wildman–Crippen LogP) is 0.948. The van der Waals surface area contributed by atoms with Crippen LogP contribution in [0.4, 0.5) is 0 Å². The van der Waals surface area contributed by atoms with E-state index < -0.39 is 47.9 Å². The lowest BCUT2D eigenvalue weighted by atomic mass is 9.99. The molecule has 1 heterocycles. The average molecular weight is 365 g/mol. The van der Waals surface area contributed by atoms with Crippen LogP contribution in [0.25, 0.3) is 0 Å². The lowest BCUT2D eigenvalue weighted by Gasteiger charge is -2.42. The zero-order chi connectivity index (χ0) is 18.3. The van der Waals surface area contributed by atoms with Crippen LogP contribution in [0.5, 0.6) is 0 Å². The Morgan fingerprint density at radius 2 is 1.62 bits per heavy atom. The fraction of sp³-hybridized carbons (Fsp3) is 0.667. The van der Waals surface area contributed by atoms with Crippen molar-refractivity contribution in [1.82, 2.24) is 0 Å². The third kappa shape index (κ3) is 6.10. The van der Waals surface area contributed by atoms with Gasteiger partial charge >= 0.3 is 17.9 Å². The number of alkyl halides is 1. The van der Waals surface area contributed by atoms with E-state index in [4.69, 9.17) is 35.3 Å². The molecule has 0 saturated carbocycles. The van der Waals surface area contributed by atoms with E-state index >= 15 is 0 Å². The summed E-state index contributed by atoms with van der Waals surface area (Å²) >= 11 is 6.13.